The topological polar surface area (TPSA) is 13.1 Å². The van der Waals surface area contributed by atoms with Crippen molar-refractivity contribution in [3.63, 3.8) is 0 Å². The highest BCUT2D eigenvalue weighted by Gasteiger charge is 2.23. The molecule has 2 aliphatic carbocycles. The van der Waals surface area contributed by atoms with Crippen molar-refractivity contribution in [1.29, 1.82) is 0 Å². The molecule has 2 heterocycles. The first-order valence-electron chi connectivity index (χ1n) is 19.1. The SMILES string of the molecule is C1=C(c2c3ccccc3c(-c3cccc4ccccc34)c3ccccc23)CCC=C1C1C=c2c(oc3c2ccc2cc4sc5ccccc5c4cc23)=CC1. The number of fused-ring (bicyclic) bond motifs is 11. The fourth-order valence-electron chi connectivity index (χ4n) is 9.58. The Hall–Kier alpha value is -6.22. The maximum atomic E-state index is 6.72. The standard InChI is InChI=1S/C52H34OS/c1-2-15-36-31(11-1)12-10-21-38(36)51-41-19-5-3-17-39(41)50(40-18-4-6-20-42(40)51)35-14-9-13-32(27-35)33-24-26-47-45(28-33)43-25-23-34-29-49-46(30-44(34)52(43)53-47)37-16-7-8-22-48(37)54-49/h1-8,10-13,15-23,25-30,33H,9,14,24H2. The van der Waals surface area contributed by atoms with Crippen LogP contribution in [0.3, 0.4) is 0 Å². The van der Waals surface area contributed by atoms with Crippen molar-refractivity contribution in [2.75, 3.05) is 0 Å². The van der Waals surface area contributed by atoms with E-state index < -0.39 is 0 Å². The summed E-state index contributed by atoms with van der Waals surface area (Å²) in [7, 11) is 0. The molecule has 2 aliphatic rings. The van der Waals surface area contributed by atoms with Gasteiger partial charge in [-0.25, -0.2) is 0 Å². The molecule has 8 aromatic carbocycles. The van der Waals surface area contributed by atoms with Crippen LogP contribution in [0.15, 0.2) is 162 Å². The molecule has 1 nitrogen and oxygen atoms in total. The average Bonchev–Trinajstić information content (AvgIpc) is 3.79. The van der Waals surface area contributed by atoms with Gasteiger partial charge in [0.2, 0.25) is 0 Å². The zero-order valence-corrected chi connectivity index (χ0v) is 30.4. The highest BCUT2D eigenvalue weighted by molar-refractivity contribution is 7.25. The van der Waals surface area contributed by atoms with Crippen molar-refractivity contribution < 1.29 is 4.42 Å². The number of thiophene rings is 1. The maximum absolute atomic E-state index is 6.72. The smallest absolute Gasteiger partial charge is 0.143 e. The van der Waals surface area contributed by atoms with Crippen molar-refractivity contribution in [1.82, 2.24) is 0 Å². The quantitative estimate of drug-likeness (QED) is 0.167. The van der Waals surface area contributed by atoms with E-state index in [1.165, 1.54) is 102 Å². The van der Waals surface area contributed by atoms with Gasteiger partial charge >= 0.3 is 0 Å². The third-order valence-corrected chi connectivity index (χ3v) is 13.2. The van der Waals surface area contributed by atoms with Gasteiger partial charge in [0.05, 0.1) is 0 Å². The Kier molecular flexibility index (Phi) is 6.52. The lowest BCUT2D eigenvalue weighted by Crippen LogP contribution is -2.26. The molecule has 0 amide bonds. The second kappa shape index (κ2) is 11.6. The van der Waals surface area contributed by atoms with Crippen LogP contribution < -0.4 is 10.6 Å². The van der Waals surface area contributed by atoms with E-state index in [2.05, 4.69) is 164 Å². The van der Waals surface area contributed by atoms with E-state index in [1.807, 2.05) is 11.3 Å². The lowest BCUT2D eigenvalue weighted by molar-refractivity contribution is 0.571. The molecule has 0 bridgehead atoms. The molecule has 10 aromatic rings. The highest BCUT2D eigenvalue weighted by Crippen LogP contribution is 2.46. The number of allylic oxidation sites excluding steroid dienone is 4. The van der Waals surface area contributed by atoms with E-state index in [1.54, 1.807) is 0 Å². The van der Waals surface area contributed by atoms with Gasteiger partial charge < -0.3 is 4.42 Å². The van der Waals surface area contributed by atoms with Crippen LogP contribution in [0.4, 0.5) is 0 Å². The third-order valence-electron chi connectivity index (χ3n) is 12.0. The summed E-state index contributed by atoms with van der Waals surface area (Å²) < 4.78 is 9.38. The number of benzene rings is 8. The van der Waals surface area contributed by atoms with E-state index >= 15 is 0 Å². The van der Waals surface area contributed by atoms with Crippen LogP contribution in [-0.4, -0.2) is 0 Å². The Balaban J connectivity index is 1.01. The van der Waals surface area contributed by atoms with Crippen LogP contribution in [-0.2, 0) is 0 Å². The Morgan fingerprint density at radius 1 is 0.519 bits per heavy atom. The summed E-state index contributed by atoms with van der Waals surface area (Å²) in [5, 5.41) is 15.3. The van der Waals surface area contributed by atoms with Crippen molar-refractivity contribution >= 4 is 103 Å². The highest BCUT2D eigenvalue weighted by atomic mass is 32.1. The summed E-state index contributed by atoms with van der Waals surface area (Å²) in [5.74, 6) is 0.292. The Morgan fingerprint density at radius 2 is 1.22 bits per heavy atom. The average molecular weight is 707 g/mol. The molecule has 0 saturated heterocycles. The largest absolute Gasteiger partial charge is 0.456 e. The van der Waals surface area contributed by atoms with Gasteiger partial charge in [0.15, 0.2) is 0 Å². The third kappa shape index (κ3) is 4.44. The molecular weight excluding hydrogens is 673 g/mol. The fraction of sp³-hybridized carbons (Fsp3) is 0.0769. The van der Waals surface area contributed by atoms with Crippen molar-refractivity contribution in [2.24, 2.45) is 5.92 Å². The minimum absolute atomic E-state index is 0.292. The lowest BCUT2D eigenvalue weighted by atomic mass is 9.80. The van der Waals surface area contributed by atoms with Crippen LogP contribution in [0, 0.1) is 5.92 Å². The van der Waals surface area contributed by atoms with Gasteiger partial charge in [-0.15, -0.1) is 11.3 Å². The minimum Gasteiger partial charge on any atom is -0.456 e. The van der Waals surface area contributed by atoms with Gasteiger partial charge in [-0.05, 0) is 115 Å². The predicted molar refractivity (Wildman–Crippen MR) is 233 cm³/mol. The number of rotatable bonds is 3. The molecule has 2 aromatic heterocycles. The number of hydrogen-bond donors (Lipinski definition) is 0. The zero-order valence-electron chi connectivity index (χ0n) is 29.6. The molecule has 254 valence electrons. The minimum atomic E-state index is 0.292. The summed E-state index contributed by atoms with van der Waals surface area (Å²) in [6.07, 6.45) is 12.8. The normalized spacial score (nSPS) is 15.9. The van der Waals surface area contributed by atoms with Gasteiger partial charge in [0, 0.05) is 42.1 Å². The van der Waals surface area contributed by atoms with E-state index in [4.69, 9.17) is 4.42 Å². The first-order valence-corrected chi connectivity index (χ1v) is 19.9. The predicted octanol–water partition coefficient (Wildman–Crippen LogP) is 13.5. The summed E-state index contributed by atoms with van der Waals surface area (Å²) in [6.45, 7) is 0. The molecule has 1 atom stereocenters. The van der Waals surface area contributed by atoms with Gasteiger partial charge in [-0.1, -0.05) is 133 Å². The fourth-order valence-corrected chi connectivity index (χ4v) is 10.7. The zero-order chi connectivity index (χ0) is 35.3. The van der Waals surface area contributed by atoms with E-state index in [-0.39, 0.29) is 0 Å². The summed E-state index contributed by atoms with van der Waals surface area (Å²) in [5.41, 5.74) is 8.84. The molecule has 0 spiro atoms. The number of hydrogen-bond acceptors (Lipinski definition) is 2. The summed E-state index contributed by atoms with van der Waals surface area (Å²) in [4.78, 5) is 0. The maximum Gasteiger partial charge on any atom is 0.143 e. The van der Waals surface area contributed by atoms with E-state index in [0.717, 1.165) is 30.3 Å². The molecule has 0 aliphatic heterocycles. The molecule has 0 N–H and O–H groups in total. The Labute approximate surface area is 316 Å². The molecule has 0 radical (unpaired) electrons. The molecular formula is C52H34OS. The first kappa shape index (κ1) is 30.3. The molecule has 54 heavy (non-hydrogen) atoms. The molecule has 0 saturated carbocycles. The van der Waals surface area contributed by atoms with E-state index in [9.17, 15) is 0 Å². The van der Waals surface area contributed by atoms with Crippen LogP contribution in [0.25, 0.3) is 103 Å². The summed E-state index contributed by atoms with van der Waals surface area (Å²) in [6, 6.07) is 51.6. The van der Waals surface area contributed by atoms with Crippen molar-refractivity contribution in [2.45, 2.75) is 19.3 Å². The van der Waals surface area contributed by atoms with Crippen LogP contribution in [0.2, 0.25) is 0 Å². The van der Waals surface area contributed by atoms with Gasteiger partial charge in [0.1, 0.15) is 11.0 Å². The van der Waals surface area contributed by atoms with Gasteiger partial charge in [-0.3, -0.25) is 0 Å². The van der Waals surface area contributed by atoms with Gasteiger partial charge in [0.25, 0.3) is 0 Å². The molecule has 0 fully saturated rings. The van der Waals surface area contributed by atoms with E-state index in [0.29, 0.717) is 5.92 Å². The lowest BCUT2D eigenvalue weighted by Gasteiger charge is -2.24. The Bertz CT molecular complexity index is 3360. The van der Waals surface area contributed by atoms with Crippen LogP contribution in [0.5, 0.6) is 0 Å². The molecule has 12 rings (SSSR count). The second-order valence-electron chi connectivity index (χ2n) is 15.0. The van der Waals surface area contributed by atoms with Crippen LogP contribution >= 0.6 is 11.3 Å². The second-order valence-corrected chi connectivity index (χ2v) is 16.1. The number of furan rings is 1. The molecule has 1 unspecified atom stereocenters. The first-order chi connectivity index (χ1) is 26.8. The molecule has 2 heteroatoms. The Morgan fingerprint density at radius 3 is 2.04 bits per heavy atom. The summed E-state index contributed by atoms with van der Waals surface area (Å²) >= 11 is 1.87. The monoisotopic (exact) mass is 706 g/mol. The van der Waals surface area contributed by atoms with Crippen LogP contribution in [0.1, 0.15) is 24.8 Å². The van der Waals surface area contributed by atoms with Crippen molar-refractivity contribution in [3.8, 4) is 11.1 Å². The van der Waals surface area contributed by atoms with Crippen molar-refractivity contribution in [3.05, 3.63) is 173 Å². The van der Waals surface area contributed by atoms with Gasteiger partial charge in [-0.2, -0.15) is 0 Å².